The highest BCUT2D eigenvalue weighted by Gasteiger charge is 2.33. The van der Waals surface area contributed by atoms with Gasteiger partial charge in [-0.1, -0.05) is 0 Å². The molecule has 1 aliphatic heterocycles. The molecule has 112 valence electrons. The lowest BCUT2D eigenvalue weighted by atomic mass is 10.1. The lowest BCUT2D eigenvalue weighted by Gasteiger charge is -2.20. The Morgan fingerprint density at radius 3 is 2.85 bits per heavy atom. The van der Waals surface area contributed by atoms with E-state index in [0.717, 1.165) is 11.3 Å². The Balaban J connectivity index is 2.02. The first-order valence-corrected chi connectivity index (χ1v) is 8.21. The fraction of sp³-hybridized carbons (Fsp3) is 0.545. The van der Waals surface area contributed by atoms with E-state index in [1.165, 1.54) is 12.1 Å². The molecule has 1 aromatic heterocycles. The van der Waals surface area contributed by atoms with Crippen LogP contribution in [0.3, 0.4) is 0 Å². The van der Waals surface area contributed by atoms with E-state index in [-0.39, 0.29) is 23.8 Å². The number of nitrogens with one attached hydrogen (secondary N) is 1. The Morgan fingerprint density at radius 1 is 1.50 bits per heavy atom. The van der Waals surface area contributed by atoms with Crippen molar-refractivity contribution in [2.24, 2.45) is 0 Å². The van der Waals surface area contributed by atoms with Crippen molar-refractivity contribution < 1.29 is 28.2 Å². The van der Waals surface area contributed by atoms with Crippen LogP contribution in [0.5, 0.6) is 0 Å². The normalized spacial score (nSPS) is 23.1. The van der Waals surface area contributed by atoms with E-state index in [4.69, 9.17) is 9.84 Å². The molecule has 9 heteroatoms. The Hall–Kier alpha value is -1.00. The molecule has 1 unspecified atom stereocenters. The van der Waals surface area contributed by atoms with Crippen LogP contribution in [0.4, 0.5) is 0 Å². The number of carbonyl (C=O) groups is 1. The molecule has 1 atom stereocenters. The molecule has 20 heavy (non-hydrogen) atoms. The second-order valence-corrected chi connectivity index (χ2v) is 7.80. The summed E-state index contributed by atoms with van der Waals surface area (Å²) >= 11 is 0.905. The van der Waals surface area contributed by atoms with Crippen LogP contribution in [0, 0.1) is 0 Å². The van der Waals surface area contributed by atoms with Crippen molar-refractivity contribution in [2.45, 2.75) is 22.7 Å². The first kappa shape index (κ1) is 15.4. The van der Waals surface area contributed by atoms with Crippen molar-refractivity contribution in [1.29, 1.82) is 0 Å². The van der Waals surface area contributed by atoms with Crippen LogP contribution in [0.2, 0.25) is 0 Å². The number of carboxylic acids is 1. The molecular weight excluding hydrogens is 306 g/mol. The van der Waals surface area contributed by atoms with Gasteiger partial charge < -0.3 is 14.9 Å². The molecule has 1 saturated heterocycles. The van der Waals surface area contributed by atoms with Crippen LogP contribution in [0.15, 0.2) is 16.3 Å². The minimum absolute atomic E-state index is 0.0382. The minimum Gasteiger partial charge on any atom is -0.481 e. The van der Waals surface area contributed by atoms with Crippen molar-refractivity contribution in [3.63, 3.8) is 0 Å². The highest BCUT2D eigenvalue weighted by molar-refractivity contribution is 7.91. The maximum Gasteiger partial charge on any atom is 0.308 e. The lowest BCUT2D eigenvalue weighted by molar-refractivity contribution is -0.136. The maximum atomic E-state index is 12.0. The SMILES string of the molecule is O=C(O)Cc1ccc(S(=O)(=O)NCC2(O)CCOC2)s1. The summed E-state index contributed by atoms with van der Waals surface area (Å²) < 4.78 is 31.5. The van der Waals surface area contributed by atoms with Gasteiger partial charge in [0.15, 0.2) is 0 Å². The van der Waals surface area contributed by atoms with E-state index >= 15 is 0 Å². The van der Waals surface area contributed by atoms with Crippen LogP contribution < -0.4 is 4.72 Å². The van der Waals surface area contributed by atoms with E-state index < -0.39 is 21.6 Å². The zero-order valence-corrected chi connectivity index (χ0v) is 12.2. The number of sulfonamides is 1. The summed E-state index contributed by atoms with van der Waals surface area (Å²) in [5.41, 5.74) is -1.17. The standard InChI is InChI=1S/C11H15NO6S2/c13-9(14)5-8-1-2-10(19-8)20(16,17)12-6-11(15)3-4-18-7-11/h1-2,12,15H,3-7H2,(H,13,14). The second-order valence-electron chi connectivity index (χ2n) is 4.64. The number of aliphatic hydroxyl groups is 1. The van der Waals surface area contributed by atoms with Crippen LogP contribution in [-0.4, -0.2) is 50.0 Å². The molecule has 2 heterocycles. The topological polar surface area (TPSA) is 113 Å². The summed E-state index contributed by atoms with van der Waals surface area (Å²) in [7, 11) is -3.74. The minimum atomic E-state index is -3.74. The lowest BCUT2D eigenvalue weighted by Crippen LogP contribution is -2.43. The number of thiophene rings is 1. The zero-order valence-electron chi connectivity index (χ0n) is 10.5. The van der Waals surface area contributed by atoms with Gasteiger partial charge in [0.2, 0.25) is 10.0 Å². The molecule has 0 aliphatic carbocycles. The molecule has 2 rings (SSSR count). The Labute approximate surface area is 120 Å². The first-order valence-electron chi connectivity index (χ1n) is 5.91. The molecular formula is C11H15NO6S2. The summed E-state index contributed by atoms with van der Waals surface area (Å²) in [6, 6.07) is 2.83. The van der Waals surface area contributed by atoms with Gasteiger partial charge in [0.25, 0.3) is 0 Å². The molecule has 1 aromatic rings. The Morgan fingerprint density at radius 2 is 2.25 bits per heavy atom. The van der Waals surface area contributed by atoms with Crippen molar-refractivity contribution in [2.75, 3.05) is 19.8 Å². The molecule has 7 nitrogen and oxygen atoms in total. The summed E-state index contributed by atoms with van der Waals surface area (Å²) in [4.78, 5) is 11.0. The van der Waals surface area contributed by atoms with Gasteiger partial charge in [-0.05, 0) is 12.1 Å². The van der Waals surface area contributed by atoms with Crippen molar-refractivity contribution >= 4 is 27.3 Å². The van der Waals surface area contributed by atoms with Crippen molar-refractivity contribution in [1.82, 2.24) is 4.72 Å². The van der Waals surface area contributed by atoms with E-state index in [1.807, 2.05) is 0 Å². The summed E-state index contributed by atoms with van der Waals surface area (Å²) in [6.07, 6.45) is 0.169. The van der Waals surface area contributed by atoms with Crippen LogP contribution in [0.25, 0.3) is 0 Å². The third-order valence-electron chi connectivity index (χ3n) is 2.90. The fourth-order valence-corrected chi connectivity index (χ4v) is 4.29. The quantitative estimate of drug-likeness (QED) is 0.669. The Bertz CT molecular complexity index is 588. The number of hydrogen-bond donors (Lipinski definition) is 3. The molecule has 0 amide bonds. The number of carboxylic acid groups (broad SMARTS) is 1. The molecule has 0 aromatic carbocycles. The van der Waals surface area contributed by atoms with Gasteiger partial charge in [-0.25, -0.2) is 13.1 Å². The predicted molar refractivity (Wildman–Crippen MR) is 71.2 cm³/mol. The van der Waals surface area contributed by atoms with Gasteiger partial charge in [0.05, 0.1) is 13.0 Å². The molecule has 1 fully saturated rings. The second kappa shape index (κ2) is 5.78. The average molecular weight is 321 g/mol. The Kier molecular flexibility index (Phi) is 4.45. The number of ether oxygens (including phenoxy) is 1. The van der Waals surface area contributed by atoms with E-state index in [1.54, 1.807) is 0 Å². The molecule has 0 spiro atoms. The van der Waals surface area contributed by atoms with E-state index in [9.17, 15) is 18.3 Å². The van der Waals surface area contributed by atoms with Gasteiger partial charge in [-0.15, -0.1) is 11.3 Å². The first-order chi connectivity index (χ1) is 9.31. The highest BCUT2D eigenvalue weighted by atomic mass is 32.2. The largest absolute Gasteiger partial charge is 0.481 e. The van der Waals surface area contributed by atoms with Gasteiger partial charge in [0.1, 0.15) is 9.81 Å². The summed E-state index contributed by atoms with van der Waals surface area (Å²) in [5.74, 6) is -1.01. The van der Waals surface area contributed by atoms with Gasteiger partial charge in [0, 0.05) is 24.4 Å². The third kappa shape index (κ3) is 3.76. The van der Waals surface area contributed by atoms with Crippen molar-refractivity contribution in [3.05, 3.63) is 17.0 Å². The third-order valence-corrected chi connectivity index (χ3v) is 5.88. The molecule has 0 radical (unpaired) electrons. The molecule has 0 bridgehead atoms. The van der Waals surface area contributed by atoms with Gasteiger partial charge in [-0.2, -0.15) is 0 Å². The van der Waals surface area contributed by atoms with Gasteiger partial charge >= 0.3 is 5.97 Å². The summed E-state index contributed by atoms with van der Waals surface area (Å²) in [6.45, 7) is 0.381. The number of aliphatic carboxylic acids is 1. The summed E-state index contributed by atoms with van der Waals surface area (Å²) in [5, 5.41) is 18.7. The van der Waals surface area contributed by atoms with Crippen LogP contribution in [0.1, 0.15) is 11.3 Å². The number of rotatable bonds is 6. The molecule has 1 aliphatic rings. The smallest absolute Gasteiger partial charge is 0.308 e. The van der Waals surface area contributed by atoms with Crippen molar-refractivity contribution in [3.8, 4) is 0 Å². The average Bonchev–Trinajstić information content (AvgIpc) is 2.97. The van der Waals surface area contributed by atoms with Crippen LogP contribution >= 0.6 is 11.3 Å². The predicted octanol–water partition coefficient (Wildman–Crippen LogP) is -0.195. The molecule has 0 saturated carbocycles. The van der Waals surface area contributed by atoms with Gasteiger partial charge in [-0.3, -0.25) is 4.79 Å². The maximum absolute atomic E-state index is 12.0. The van der Waals surface area contributed by atoms with Crippen LogP contribution in [-0.2, 0) is 26.0 Å². The molecule has 3 N–H and O–H groups in total. The van der Waals surface area contributed by atoms with E-state index in [0.29, 0.717) is 17.9 Å². The monoisotopic (exact) mass is 321 g/mol. The highest BCUT2D eigenvalue weighted by Crippen LogP contribution is 2.23. The fourth-order valence-electron chi connectivity index (χ4n) is 1.78. The van der Waals surface area contributed by atoms with E-state index in [2.05, 4.69) is 4.72 Å². The number of hydrogen-bond acceptors (Lipinski definition) is 6. The zero-order chi connectivity index (χ0) is 14.8.